The van der Waals surface area contributed by atoms with Crippen LogP contribution in [0.5, 0.6) is 0 Å². The van der Waals surface area contributed by atoms with Crippen molar-refractivity contribution in [1.29, 1.82) is 0 Å². The van der Waals surface area contributed by atoms with E-state index in [1.165, 1.54) is 16.3 Å². The number of hydrogen-bond donors (Lipinski definition) is 0. The zero-order valence-electron chi connectivity index (χ0n) is 14.6. The van der Waals surface area contributed by atoms with Gasteiger partial charge in [0, 0.05) is 27.4 Å². The van der Waals surface area contributed by atoms with Crippen LogP contribution in [0, 0.1) is 76.3 Å². The van der Waals surface area contributed by atoms with E-state index >= 15 is 0 Å². The van der Waals surface area contributed by atoms with E-state index in [4.69, 9.17) is 0 Å². The molecular weight excluding hydrogens is 367 g/mol. The molecule has 126 valence electrons. The van der Waals surface area contributed by atoms with Gasteiger partial charge in [-0.1, -0.05) is 60.7 Å². The van der Waals surface area contributed by atoms with Gasteiger partial charge in [0.25, 0.3) is 0 Å². The zero-order chi connectivity index (χ0) is 17.2. The molecule has 4 rings (SSSR count). The van der Waals surface area contributed by atoms with Gasteiger partial charge < -0.3 is 0 Å². The Kier molecular flexibility index (Phi) is 10.8. The van der Waals surface area contributed by atoms with E-state index in [0.717, 1.165) is 0 Å². The average Bonchev–Trinajstić information content (AvgIpc) is 3.16. The minimum Gasteiger partial charge on any atom is -0.0622 e. The fourth-order valence-electron chi connectivity index (χ4n) is 2.56. The van der Waals surface area contributed by atoms with E-state index in [1.54, 1.807) is 0 Å². The van der Waals surface area contributed by atoms with E-state index in [2.05, 4.69) is 99.2 Å². The summed E-state index contributed by atoms with van der Waals surface area (Å²) in [5, 5.41) is 2.78. The van der Waals surface area contributed by atoms with Gasteiger partial charge in [-0.25, -0.2) is 0 Å². The van der Waals surface area contributed by atoms with E-state index in [0.29, 0.717) is 0 Å². The maximum Gasteiger partial charge on any atom is 0.0161 e. The molecule has 26 heavy (non-hydrogen) atoms. The maximum atomic E-state index is 2.23. The molecule has 2 heteroatoms. The summed E-state index contributed by atoms with van der Waals surface area (Å²) in [6.45, 7) is 0. The van der Waals surface area contributed by atoms with Gasteiger partial charge in [-0.3, -0.25) is 0 Å². The Bertz CT molecular complexity index is 525. The van der Waals surface area contributed by atoms with Gasteiger partial charge in [0.05, 0.1) is 0 Å². The van der Waals surface area contributed by atoms with Gasteiger partial charge in [0.1, 0.15) is 0 Å². The molecule has 2 aromatic rings. The molecule has 2 aliphatic rings. The second-order valence-corrected chi connectivity index (χ2v) is 7.72. The Hall–Kier alpha value is -0.416. The molecule has 12 radical (unpaired) electrons. The Balaban J connectivity index is 0.000000351. The second kappa shape index (κ2) is 12.9. The summed E-state index contributed by atoms with van der Waals surface area (Å²) >= 11 is 0. The van der Waals surface area contributed by atoms with Crippen molar-refractivity contribution in [3.05, 3.63) is 137 Å². The molecule has 2 saturated carbocycles. The van der Waals surface area contributed by atoms with E-state index in [-0.39, 0.29) is 21.7 Å². The molecule has 2 fully saturated rings. The molecule has 2 aromatic carbocycles. The van der Waals surface area contributed by atoms with Gasteiger partial charge in [0.2, 0.25) is 0 Å². The third kappa shape index (κ3) is 6.96. The second-order valence-electron chi connectivity index (χ2n) is 5.50. The number of benzene rings is 2. The maximum absolute atomic E-state index is 2.23. The van der Waals surface area contributed by atoms with Crippen LogP contribution in [-0.4, -0.2) is 0 Å². The molecule has 0 saturated heterocycles. The normalized spacial score (nSPS) is 17.7. The van der Waals surface area contributed by atoms with Crippen molar-refractivity contribution in [2.45, 2.75) is 0 Å². The molecule has 0 amide bonds. The smallest absolute Gasteiger partial charge is 0.0161 e. The first-order valence-corrected chi connectivity index (χ1v) is 9.74. The van der Waals surface area contributed by atoms with Crippen LogP contribution in [0.1, 0.15) is 0 Å². The summed E-state index contributed by atoms with van der Waals surface area (Å²) in [6, 6.07) is 21.6. The minimum absolute atomic E-state index is 0. The zero-order valence-corrected chi connectivity index (χ0v) is 17.0. The van der Waals surface area contributed by atoms with Crippen LogP contribution in [0.3, 0.4) is 0 Å². The van der Waals surface area contributed by atoms with Crippen LogP contribution in [0.4, 0.5) is 0 Å². The summed E-state index contributed by atoms with van der Waals surface area (Å²) < 4.78 is 0. The SMILES string of the molecule is [CH]1[CH][CH][CH][CH]1.[CH]1[CH][CH][CH][C](P(c2ccccc2)c2ccccc2)[CH][CH]1.[Ti]. The fourth-order valence-corrected chi connectivity index (χ4v) is 4.87. The van der Waals surface area contributed by atoms with Crippen LogP contribution in [0.25, 0.3) is 0 Å². The van der Waals surface area contributed by atoms with Crippen molar-refractivity contribution in [1.82, 2.24) is 0 Å². The summed E-state index contributed by atoms with van der Waals surface area (Å²) in [6.07, 6.45) is 22.9. The third-order valence-corrected chi connectivity index (χ3v) is 6.15. The number of rotatable bonds is 3. The molecule has 0 heterocycles. The first kappa shape index (κ1) is 21.9. The molecule has 0 aliphatic heterocycles. The first-order valence-electron chi connectivity index (χ1n) is 8.40. The van der Waals surface area contributed by atoms with Crippen molar-refractivity contribution in [3.63, 3.8) is 0 Å². The molecule has 0 nitrogen and oxygen atoms in total. The monoisotopic (exact) mass is 388 g/mol. The molecular formula is C24H21PTi. The largest absolute Gasteiger partial charge is 0.0622 e. The minimum atomic E-state index is -0.483. The fraction of sp³-hybridized carbons (Fsp3) is 0. The molecule has 0 spiro atoms. The Labute approximate surface area is 176 Å². The van der Waals surface area contributed by atoms with Crippen molar-refractivity contribution in [3.8, 4) is 0 Å². The average molecular weight is 388 g/mol. The standard InChI is InChI=1S/C19H16P.C5H5.Ti/c1-2-6-12-17(11-5-1)20(18-13-7-3-8-14-18)19-15-9-4-10-16-19;1-2-4-5-3-1;/h1-16H;1-5H;. The van der Waals surface area contributed by atoms with Gasteiger partial charge in [-0.05, 0) is 89.2 Å². The third-order valence-electron chi connectivity index (χ3n) is 3.71. The van der Waals surface area contributed by atoms with Gasteiger partial charge in [-0.15, -0.1) is 0 Å². The van der Waals surface area contributed by atoms with Crippen molar-refractivity contribution in [2.75, 3.05) is 0 Å². The molecule has 0 unspecified atom stereocenters. The summed E-state index contributed by atoms with van der Waals surface area (Å²) in [7, 11) is -0.483. The van der Waals surface area contributed by atoms with Crippen LogP contribution in [0.15, 0.2) is 60.7 Å². The van der Waals surface area contributed by atoms with Crippen LogP contribution in [0.2, 0.25) is 0 Å². The van der Waals surface area contributed by atoms with Gasteiger partial charge in [0.15, 0.2) is 0 Å². The number of hydrogen-bond acceptors (Lipinski definition) is 0. The molecule has 2 aliphatic carbocycles. The summed E-state index contributed by atoms with van der Waals surface area (Å²) in [4.78, 5) is 0. The van der Waals surface area contributed by atoms with Crippen LogP contribution < -0.4 is 10.6 Å². The van der Waals surface area contributed by atoms with Crippen LogP contribution >= 0.6 is 7.92 Å². The Morgan fingerprint density at radius 1 is 0.423 bits per heavy atom. The van der Waals surface area contributed by atoms with Crippen molar-refractivity contribution < 1.29 is 21.7 Å². The van der Waals surface area contributed by atoms with E-state index in [1.807, 2.05) is 32.1 Å². The van der Waals surface area contributed by atoms with Crippen LogP contribution in [-0.2, 0) is 21.7 Å². The summed E-state index contributed by atoms with van der Waals surface area (Å²) in [5.74, 6) is 0. The van der Waals surface area contributed by atoms with Gasteiger partial charge in [-0.2, -0.15) is 0 Å². The molecule has 0 N–H and O–H groups in total. The predicted octanol–water partition coefficient (Wildman–Crippen LogP) is 4.91. The van der Waals surface area contributed by atoms with Crippen molar-refractivity contribution >= 4 is 18.5 Å². The molecule has 0 bridgehead atoms. The van der Waals surface area contributed by atoms with Gasteiger partial charge >= 0.3 is 0 Å². The first-order chi connectivity index (χ1) is 12.4. The Morgan fingerprint density at radius 2 is 0.769 bits per heavy atom. The Morgan fingerprint density at radius 3 is 1.15 bits per heavy atom. The quantitative estimate of drug-likeness (QED) is 0.398. The topological polar surface area (TPSA) is 0 Å². The predicted molar refractivity (Wildman–Crippen MR) is 110 cm³/mol. The van der Waals surface area contributed by atoms with Crippen molar-refractivity contribution in [2.24, 2.45) is 0 Å². The van der Waals surface area contributed by atoms with E-state index < -0.39 is 7.92 Å². The molecule has 0 aromatic heterocycles. The summed E-state index contributed by atoms with van der Waals surface area (Å²) in [5.41, 5.74) is 1.38. The van der Waals surface area contributed by atoms with E-state index in [9.17, 15) is 0 Å². The molecule has 0 atom stereocenters.